The zero-order valence-corrected chi connectivity index (χ0v) is 26.9. The Bertz CT molecular complexity index is 1080. The van der Waals surface area contributed by atoms with Crippen LogP contribution in [0.25, 0.3) is 0 Å². The molecule has 0 unspecified atom stereocenters. The first-order chi connectivity index (χ1) is 21.3. The number of hydrogen-bond donors (Lipinski definition) is 0. The molecule has 0 radical (unpaired) electrons. The highest BCUT2D eigenvalue weighted by molar-refractivity contribution is 5.87. The van der Waals surface area contributed by atoms with Crippen LogP contribution in [0, 0.1) is 0 Å². The Morgan fingerprint density at radius 1 is 0.511 bits per heavy atom. The molecule has 12 heteroatoms. The van der Waals surface area contributed by atoms with Crippen molar-refractivity contribution in [3.05, 3.63) is 36.5 Å². The highest BCUT2D eigenvalue weighted by atomic mass is 16.6. The minimum Gasteiger partial charge on any atom is -0.462 e. The van der Waals surface area contributed by atoms with Crippen LogP contribution in [0.2, 0.25) is 0 Å². The molecule has 0 spiro atoms. The monoisotopic (exact) mass is 636 g/mol. The van der Waals surface area contributed by atoms with Crippen LogP contribution in [0.4, 0.5) is 0 Å². The summed E-state index contributed by atoms with van der Waals surface area (Å²) in [6, 6.07) is 0. The number of esters is 6. The SMILES string of the molecule is C=C(C)C(=O)OCCCCC(=O)O[C@H]1CC[C@@H](OC(=O)CCCCOC(=O)C(=C)C)[C@@H](OC(=O)CCCCOC(=O)C(=C)C)C1. The van der Waals surface area contributed by atoms with Gasteiger partial charge in [0.15, 0.2) is 0 Å². The van der Waals surface area contributed by atoms with E-state index in [1.807, 2.05) is 0 Å². The summed E-state index contributed by atoms with van der Waals surface area (Å²) < 4.78 is 32.0. The van der Waals surface area contributed by atoms with Gasteiger partial charge in [-0.25, -0.2) is 14.4 Å². The minimum absolute atomic E-state index is 0.0606. The normalized spacial score (nSPS) is 17.3. The molecule has 0 aromatic heterocycles. The number of hydrogen-bond acceptors (Lipinski definition) is 12. The van der Waals surface area contributed by atoms with Gasteiger partial charge in [-0.3, -0.25) is 14.4 Å². The van der Waals surface area contributed by atoms with Gasteiger partial charge in [0.05, 0.1) is 19.8 Å². The van der Waals surface area contributed by atoms with E-state index in [-0.39, 0.29) is 51.1 Å². The van der Waals surface area contributed by atoms with Crippen molar-refractivity contribution in [2.24, 2.45) is 0 Å². The number of unbranched alkanes of at least 4 members (excludes halogenated alkanes) is 3. The number of rotatable bonds is 21. The third kappa shape index (κ3) is 17.8. The van der Waals surface area contributed by atoms with E-state index in [1.54, 1.807) is 20.8 Å². The van der Waals surface area contributed by atoms with Crippen molar-refractivity contribution < 1.29 is 57.2 Å². The Kier molecular flexibility index (Phi) is 18.8. The van der Waals surface area contributed by atoms with Crippen molar-refractivity contribution in [1.82, 2.24) is 0 Å². The third-order valence-electron chi connectivity index (χ3n) is 6.62. The zero-order chi connectivity index (χ0) is 33.8. The molecule has 252 valence electrons. The molecule has 1 aliphatic carbocycles. The third-order valence-corrected chi connectivity index (χ3v) is 6.62. The number of ether oxygens (including phenoxy) is 6. The standard InChI is InChI=1S/C33H48O12/c1-22(2)31(37)40-18-10-7-13-28(34)43-25-16-17-26(44-29(35)14-8-11-19-41-32(38)23(3)4)27(21-25)45-30(36)15-9-12-20-42-33(39)24(5)6/h25-27H,1,3,5,7-21H2,2,4,6H3/t25-,26+,27-/m0/s1. The van der Waals surface area contributed by atoms with Crippen molar-refractivity contribution >= 4 is 35.8 Å². The summed E-state index contributed by atoms with van der Waals surface area (Å²) in [6.45, 7) is 15.7. The molecular weight excluding hydrogens is 588 g/mol. The highest BCUT2D eigenvalue weighted by Gasteiger charge is 2.37. The van der Waals surface area contributed by atoms with Crippen LogP contribution in [-0.4, -0.2) is 73.9 Å². The van der Waals surface area contributed by atoms with Crippen LogP contribution < -0.4 is 0 Å². The van der Waals surface area contributed by atoms with Crippen LogP contribution in [-0.2, 0) is 57.2 Å². The maximum absolute atomic E-state index is 12.6. The second kappa shape index (κ2) is 21.7. The molecule has 0 aromatic carbocycles. The largest absolute Gasteiger partial charge is 0.462 e. The van der Waals surface area contributed by atoms with Gasteiger partial charge in [-0.2, -0.15) is 0 Å². The van der Waals surface area contributed by atoms with Crippen molar-refractivity contribution in [2.75, 3.05) is 19.8 Å². The molecule has 3 atom stereocenters. The number of carbonyl (C=O) groups excluding carboxylic acids is 6. The fourth-order valence-electron chi connectivity index (χ4n) is 4.11. The number of carbonyl (C=O) groups is 6. The van der Waals surface area contributed by atoms with Crippen LogP contribution in [0.5, 0.6) is 0 Å². The van der Waals surface area contributed by atoms with Gasteiger partial charge in [-0.1, -0.05) is 19.7 Å². The molecule has 0 amide bonds. The van der Waals surface area contributed by atoms with E-state index < -0.39 is 54.1 Å². The van der Waals surface area contributed by atoms with Gasteiger partial charge >= 0.3 is 35.8 Å². The maximum Gasteiger partial charge on any atom is 0.333 e. The van der Waals surface area contributed by atoms with E-state index in [1.165, 1.54) is 0 Å². The summed E-state index contributed by atoms with van der Waals surface area (Å²) in [7, 11) is 0. The van der Waals surface area contributed by atoms with Crippen LogP contribution in [0.15, 0.2) is 36.5 Å². The molecule has 1 rings (SSSR count). The molecule has 0 aromatic rings. The van der Waals surface area contributed by atoms with Crippen LogP contribution in [0.1, 0.15) is 97.8 Å². The van der Waals surface area contributed by atoms with Gasteiger partial charge in [0.1, 0.15) is 18.3 Å². The van der Waals surface area contributed by atoms with Gasteiger partial charge < -0.3 is 28.4 Å². The Morgan fingerprint density at radius 2 is 0.867 bits per heavy atom. The van der Waals surface area contributed by atoms with Gasteiger partial charge in [-0.15, -0.1) is 0 Å². The van der Waals surface area contributed by atoms with Crippen molar-refractivity contribution in [2.45, 2.75) is 116 Å². The Morgan fingerprint density at radius 3 is 1.24 bits per heavy atom. The lowest BCUT2D eigenvalue weighted by atomic mass is 9.91. The second-order valence-electron chi connectivity index (χ2n) is 11.1. The molecular formula is C33H48O12. The lowest BCUT2D eigenvalue weighted by Gasteiger charge is -2.34. The summed E-state index contributed by atoms with van der Waals surface area (Å²) in [5, 5.41) is 0. The summed E-state index contributed by atoms with van der Waals surface area (Å²) in [6.07, 6.45) is 1.83. The summed E-state index contributed by atoms with van der Waals surface area (Å²) in [4.78, 5) is 72.0. The van der Waals surface area contributed by atoms with E-state index in [4.69, 9.17) is 28.4 Å². The fourth-order valence-corrected chi connectivity index (χ4v) is 4.11. The Hall–Kier alpha value is -3.96. The molecule has 0 heterocycles. The molecule has 1 saturated carbocycles. The molecule has 45 heavy (non-hydrogen) atoms. The summed E-state index contributed by atoms with van der Waals surface area (Å²) in [5.74, 6) is -2.88. The first kappa shape index (κ1) is 39.1. The van der Waals surface area contributed by atoms with E-state index >= 15 is 0 Å². The van der Waals surface area contributed by atoms with Crippen molar-refractivity contribution in [1.29, 1.82) is 0 Å². The van der Waals surface area contributed by atoms with Crippen LogP contribution >= 0.6 is 0 Å². The molecule has 1 aliphatic rings. The predicted molar refractivity (Wildman–Crippen MR) is 162 cm³/mol. The fraction of sp³-hybridized carbons (Fsp3) is 0.636. The lowest BCUT2D eigenvalue weighted by molar-refractivity contribution is -0.180. The van der Waals surface area contributed by atoms with Crippen molar-refractivity contribution in [3.63, 3.8) is 0 Å². The van der Waals surface area contributed by atoms with Crippen LogP contribution in [0.3, 0.4) is 0 Å². The molecule has 0 saturated heterocycles. The smallest absolute Gasteiger partial charge is 0.333 e. The molecule has 1 fully saturated rings. The van der Waals surface area contributed by atoms with E-state index in [9.17, 15) is 28.8 Å². The average molecular weight is 637 g/mol. The summed E-state index contributed by atoms with van der Waals surface area (Å²) >= 11 is 0. The Labute approximate surface area is 265 Å². The topological polar surface area (TPSA) is 158 Å². The maximum atomic E-state index is 12.6. The Balaban J connectivity index is 2.60. The van der Waals surface area contributed by atoms with E-state index in [0.717, 1.165) is 0 Å². The predicted octanol–water partition coefficient (Wildman–Crippen LogP) is 4.77. The lowest BCUT2D eigenvalue weighted by Crippen LogP contribution is -2.43. The second-order valence-corrected chi connectivity index (χ2v) is 11.1. The molecule has 0 N–H and O–H groups in total. The van der Waals surface area contributed by atoms with Gasteiger partial charge in [-0.05, 0) is 72.1 Å². The molecule has 0 aliphatic heterocycles. The first-order valence-electron chi connectivity index (χ1n) is 15.4. The average Bonchev–Trinajstić information content (AvgIpc) is 2.97. The molecule has 0 bridgehead atoms. The molecule has 12 nitrogen and oxygen atoms in total. The first-order valence-corrected chi connectivity index (χ1v) is 15.4. The highest BCUT2D eigenvalue weighted by Crippen LogP contribution is 2.28. The van der Waals surface area contributed by atoms with Gasteiger partial charge in [0, 0.05) is 42.4 Å². The quantitative estimate of drug-likeness (QED) is 0.0736. The zero-order valence-electron chi connectivity index (χ0n) is 26.9. The van der Waals surface area contributed by atoms with Crippen molar-refractivity contribution in [3.8, 4) is 0 Å². The van der Waals surface area contributed by atoms with E-state index in [0.29, 0.717) is 62.5 Å². The minimum atomic E-state index is -0.813. The van der Waals surface area contributed by atoms with Gasteiger partial charge in [0.2, 0.25) is 0 Å². The summed E-state index contributed by atoms with van der Waals surface area (Å²) in [5.41, 5.74) is 0.888. The van der Waals surface area contributed by atoms with Gasteiger partial charge in [0.25, 0.3) is 0 Å². The van der Waals surface area contributed by atoms with E-state index in [2.05, 4.69) is 19.7 Å².